The maximum absolute atomic E-state index is 11.7. The number of ketones is 1. The van der Waals surface area contributed by atoms with E-state index in [0.29, 0.717) is 5.78 Å². The molecule has 19 heavy (non-hydrogen) atoms. The lowest BCUT2D eigenvalue weighted by atomic mass is 9.91. The van der Waals surface area contributed by atoms with Gasteiger partial charge in [0.2, 0.25) is 0 Å². The van der Waals surface area contributed by atoms with E-state index in [1.165, 1.54) is 0 Å². The summed E-state index contributed by atoms with van der Waals surface area (Å²) in [7, 11) is 0. The fourth-order valence-corrected chi connectivity index (χ4v) is 2.87. The fourth-order valence-electron chi connectivity index (χ4n) is 2.87. The van der Waals surface area contributed by atoms with Gasteiger partial charge < -0.3 is 5.11 Å². The zero-order valence-electron chi connectivity index (χ0n) is 11.5. The molecule has 3 nitrogen and oxygen atoms in total. The number of Topliss-reactive ketones (excluding diaryl/α,β-unsaturated/α-hetero) is 1. The second kappa shape index (κ2) is 5.55. The van der Waals surface area contributed by atoms with Gasteiger partial charge in [0.1, 0.15) is 5.78 Å². The van der Waals surface area contributed by atoms with E-state index >= 15 is 0 Å². The van der Waals surface area contributed by atoms with E-state index in [1.807, 2.05) is 25.1 Å². The molecule has 0 radical (unpaired) electrons. The number of hydrogen-bond donors (Lipinski definition) is 1. The summed E-state index contributed by atoms with van der Waals surface area (Å²) in [5.74, 6) is -0.744. The van der Waals surface area contributed by atoms with Crippen LogP contribution in [0.2, 0.25) is 0 Å². The molecule has 0 amide bonds. The van der Waals surface area contributed by atoms with Crippen LogP contribution in [-0.4, -0.2) is 16.9 Å². The van der Waals surface area contributed by atoms with Crippen LogP contribution in [-0.2, 0) is 16.0 Å². The standard InChI is InChI=1S/C16H20O3/c1-10-8-12(9-13-4-3-5-15(13)17)6-7-14(10)11(2)16(18)19/h6-8,11,13H,3-5,9H2,1-2H3,(H,18,19). The lowest BCUT2D eigenvalue weighted by molar-refractivity contribution is -0.138. The summed E-state index contributed by atoms with van der Waals surface area (Å²) in [5.41, 5.74) is 2.99. The second-order valence-electron chi connectivity index (χ2n) is 5.51. The Morgan fingerprint density at radius 2 is 2.21 bits per heavy atom. The van der Waals surface area contributed by atoms with Crippen LogP contribution < -0.4 is 0 Å². The van der Waals surface area contributed by atoms with Gasteiger partial charge in [0.05, 0.1) is 5.92 Å². The lowest BCUT2D eigenvalue weighted by Crippen LogP contribution is -2.11. The smallest absolute Gasteiger partial charge is 0.310 e. The largest absolute Gasteiger partial charge is 0.481 e. The van der Waals surface area contributed by atoms with E-state index < -0.39 is 11.9 Å². The normalized spacial score (nSPS) is 20.5. The van der Waals surface area contributed by atoms with Crippen molar-refractivity contribution in [3.05, 3.63) is 34.9 Å². The third-order valence-corrected chi connectivity index (χ3v) is 4.08. The van der Waals surface area contributed by atoms with Gasteiger partial charge in [-0.05, 0) is 49.8 Å². The number of rotatable bonds is 4. The molecule has 2 rings (SSSR count). The molecular formula is C16H20O3. The summed E-state index contributed by atoms with van der Waals surface area (Å²) in [5, 5.41) is 9.05. The van der Waals surface area contributed by atoms with Crippen LogP contribution in [0.4, 0.5) is 0 Å². The van der Waals surface area contributed by atoms with E-state index in [0.717, 1.165) is 42.4 Å². The summed E-state index contributed by atoms with van der Waals surface area (Å²) in [6.07, 6.45) is 3.51. The Balaban J connectivity index is 2.14. The molecule has 0 heterocycles. The molecule has 1 aromatic rings. The first-order valence-corrected chi connectivity index (χ1v) is 6.84. The number of carbonyl (C=O) groups is 2. The summed E-state index contributed by atoms with van der Waals surface area (Å²) in [4.78, 5) is 22.7. The number of carboxylic acids is 1. The van der Waals surface area contributed by atoms with Crippen LogP contribution in [0.3, 0.4) is 0 Å². The maximum Gasteiger partial charge on any atom is 0.310 e. The van der Waals surface area contributed by atoms with Gasteiger partial charge in [-0.3, -0.25) is 9.59 Å². The topological polar surface area (TPSA) is 54.4 Å². The highest BCUT2D eigenvalue weighted by Crippen LogP contribution is 2.27. The van der Waals surface area contributed by atoms with Gasteiger partial charge in [-0.2, -0.15) is 0 Å². The Hall–Kier alpha value is -1.64. The maximum atomic E-state index is 11.7. The van der Waals surface area contributed by atoms with Gasteiger partial charge in [-0.15, -0.1) is 0 Å². The quantitative estimate of drug-likeness (QED) is 0.905. The van der Waals surface area contributed by atoms with Crippen molar-refractivity contribution in [2.75, 3.05) is 0 Å². The summed E-state index contributed by atoms with van der Waals surface area (Å²) in [6, 6.07) is 5.89. The summed E-state index contributed by atoms with van der Waals surface area (Å²) < 4.78 is 0. The molecule has 1 aliphatic rings. The van der Waals surface area contributed by atoms with Gasteiger partial charge >= 0.3 is 5.97 Å². The minimum atomic E-state index is -0.804. The number of aryl methyl sites for hydroxylation is 1. The van der Waals surface area contributed by atoms with Crippen molar-refractivity contribution in [2.24, 2.45) is 5.92 Å². The Bertz CT molecular complexity index is 505. The molecule has 1 saturated carbocycles. The van der Waals surface area contributed by atoms with Crippen molar-refractivity contribution >= 4 is 11.8 Å². The van der Waals surface area contributed by atoms with Crippen molar-refractivity contribution < 1.29 is 14.7 Å². The first-order chi connectivity index (χ1) is 8.99. The van der Waals surface area contributed by atoms with E-state index in [1.54, 1.807) is 6.92 Å². The molecule has 1 aliphatic carbocycles. The molecule has 0 saturated heterocycles. The van der Waals surface area contributed by atoms with E-state index in [9.17, 15) is 9.59 Å². The Kier molecular flexibility index (Phi) is 4.03. The number of carboxylic acid groups (broad SMARTS) is 1. The number of aliphatic carboxylic acids is 1. The average Bonchev–Trinajstić information content (AvgIpc) is 2.74. The third-order valence-electron chi connectivity index (χ3n) is 4.08. The van der Waals surface area contributed by atoms with Crippen LogP contribution in [0, 0.1) is 12.8 Å². The molecule has 0 spiro atoms. The minimum absolute atomic E-state index is 0.169. The third kappa shape index (κ3) is 3.03. The molecule has 2 atom stereocenters. The van der Waals surface area contributed by atoms with Gasteiger partial charge in [0.15, 0.2) is 0 Å². The molecule has 0 aromatic heterocycles. The van der Waals surface area contributed by atoms with E-state index in [-0.39, 0.29) is 5.92 Å². The van der Waals surface area contributed by atoms with Crippen molar-refractivity contribution in [1.82, 2.24) is 0 Å². The molecule has 1 N–H and O–H groups in total. The Labute approximate surface area is 113 Å². The van der Waals surface area contributed by atoms with Crippen LogP contribution >= 0.6 is 0 Å². The zero-order chi connectivity index (χ0) is 14.0. The number of hydrogen-bond acceptors (Lipinski definition) is 2. The van der Waals surface area contributed by atoms with Gasteiger partial charge in [0, 0.05) is 12.3 Å². The van der Waals surface area contributed by atoms with Crippen LogP contribution in [0.25, 0.3) is 0 Å². The van der Waals surface area contributed by atoms with Crippen LogP contribution in [0.15, 0.2) is 18.2 Å². The minimum Gasteiger partial charge on any atom is -0.481 e. The molecule has 102 valence electrons. The first kappa shape index (κ1) is 13.8. The van der Waals surface area contributed by atoms with Crippen molar-refractivity contribution in [3.8, 4) is 0 Å². The predicted octanol–water partition coefficient (Wildman–Crippen LogP) is 3.09. The van der Waals surface area contributed by atoms with Gasteiger partial charge in [0.25, 0.3) is 0 Å². The SMILES string of the molecule is Cc1cc(CC2CCCC2=O)ccc1C(C)C(=O)O. The highest BCUT2D eigenvalue weighted by molar-refractivity contribution is 5.83. The Morgan fingerprint density at radius 1 is 1.47 bits per heavy atom. The molecule has 0 aliphatic heterocycles. The van der Waals surface area contributed by atoms with Crippen molar-refractivity contribution in [3.63, 3.8) is 0 Å². The van der Waals surface area contributed by atoms with Crippen molar-refractivity contribution in [2.45, 2.75) is 45.4 Å². The van der Waals surface area contributed by atoms with Crippen LogP contribution in [0.5, 0.6) is 0 Å². The first-order valence-electron chi connectivity index (χ1n) is 6.84. The van der Waals surface area contributed by atoms with Gasteiger partial charge in [-0.1, -0.05) is 18.2 Å². The molecular weight excluding hydrogens is 240 g/mol. The van der Waals surface area contributed by atoms with E-state index in [2.05, 4.69) is 0 Å². The Morgan fingerprint density at radius 3 is 2.74 bits per heavy atom. The molecule has 1 aromatic carbocycles. The molecule has 0 bridgehead atoms. The number of benzene rings is 1. The molecule has 1 fully saturated rings. The van der Waals surface area contributed by atoms with E-state index in [4.69, 9.17) is 5.11 Å². The lowest BCUT2D eigenvalue weighted by Gasteiger charge is -2.13. The molecule has 3 heteroatoms. The zero-order valence-corrected chi connectivity index (χ0v) is 11.5. The average molecular weight is 260 g/mol. The fraction of sp³-hybridized carbons (Fsp3) is 0.500. The van der Waals surface area contributed by atoms with Crippen LogP contribution in [0.1, 0.15) is 48.8 Å². The summed E-state index contributed by atoms with van der Waals surface area (Å²) in [6.45, 7) is 3.64. The highest BCUT2D eigenvalue weighted by Gasteiger charge is 2.24. The molecule has 2 unspecified atom stereocenters. The summed E-state index contributed by atoms with van der Waals surface area (Å²) >= 11 is 0. The monoisotopic (exact) mass is 260 g/mol. The number of carbonyl (C=O) groups excluding carboxylic acids is 1. The van der Waals surface area contributed by atoms with Gasteiger partial charge in [-0.25, -0.2) is 0 Å². The second-order valence-corrected chi connectivity index (χ2v) is 5.51. The predicted molar refractivity (Wildman–Crippen MR) is 73.3 cm³/mol. The van der Waals surface area contributed by atoms with Crippen molar-refractivity contribution in [1.29, 1.82) is 0 Å². The highest BCUT2D eigenvalue weighted by atomic mass is 16.4.